The highest BCUT2D eigenvalue weighted by Gasteiger charge is 2.32. The molecule has 0 bridgehead atoms. The van der Waals surface area contributed by atoms with Crippen LogP contribution in [0.15, 0.2) is 18.2 Å². The molecule has 94 valence electrons. The van der Waals surface area contributed by atoms with Crippen LogP contribution in [-0.4, -0.2) is 24.0 Å². The first kappa shape index (κ1) is 12.4. The molecule has 1 saturated heterocycles. The van der Waals surface area contributed by atoms with Gasteiger partial charge >= 0.3 is 0 Å². The molecule has 2 atom stereocenters. The normalized spacial score (nSPS) is 25.4. The summed E-state index contributed by atoms with van der Waals surface area (Å²) in [4.78, 5) is 2.48. The molecule has 0 saturated carbocycles. The monoisotopic (exact) mass is 233 g/mol. The first-order chi connectivity index (χ1) is 8.13. The fourth-order valence-electron chi connectivity index (χ4n) is 2.72. The van der Waals surface area contributed by atoms with Gasteiger partial charge in [-0.25, -0.2) is 0 Å². The molecule has 1 heterocycles. The van der Waals surface area contributed by atoms with E-state index in [1.165, 1.54) is 12.0 Å². The van der Waals surface area contributed by atoms with Crippen molar-refractivity contribution in [2.75, 3.05) is 18.8 Å². The van der Waals surface area contributed by atoms with Crippen LogP contribution in [0.5, 0.6) is 0 Å². The van der Waals surface area contributed by atoms with E-state index < -0.39 is 0 Å². The number of nitrogens with zero attached hydrogens (tertiary/aromatic N) is 1. The lowest BCUT2D eigenvalue weighted by Gasteiger charge is -2.27. The molecule has 1 aliphatic heterocycles. The molecule has 0 aliphatic carbocycles. The minimum Gasteiger partial charge on any atom is -0.399 e. The summed E-state index contributed by atoms with van der Waals surface area (Å²) in [5.41, 5.74) is 15.5. The molecule has 1 aromatic carbocycles. The molecule has 3 heteroatoms. The van der Waals surface area contributed by atoms with Crippen molar-refractivity contribution in [3.8, 4) is 0 Å². The van der Waals surface area contributed by atoms with Gasteiger partial charge < -0.3 is 11.5 Å². The van der Waals surface area contributed by atoms with E-state index in [4.69, 9.17) is 11.5 Å². The number of aryl methyl sites for hydroxylation is 1. The molecule has 1 aromatic rings. The molecule has 0 radical (unpaired) electrons. The molecule has 1 aliphatic rings. The third-order valence-corrected chi connectivity index (χ3v) is 3.70. The molecule has 17 heavy (non-hydrogen) atoms. The number of rotatable bonds is 3. The van der Waals surface area contributed by atoms with Gasteiger partial charge in [0.1, 0.15) is 0 Å². The minimum atomic E-state index is 0.239. The highest BCUT2D eigenvalue weighted by Crippen LogP contribution is 2.32. The molecule has 1 fully saturated rings. The highest BCUT2D eigenvalue weighted by molar-refractivity contribution is 5.49. The molecular formula is C14H23N3. The SMILES string of the molecule is CCCN1CC[C@H](N)[C@H]1c1ccc(C)c(N)c1. The van der Waals surface area contributed by atoms with Gasteiger partial charge in [-0.1, -0.05) is 19.1 Å². The molecule has 0 amide bonds. The van der Waals surface area contributed by atoms with Gasteiger partial charge in [0.25, 0.3) is 0 Å². The van der Waals surface area contributed by atoms with Crippen LogP contribution in [0.25, 0.3) is 0 Å². The Kier molecular flexibility index (Phi) is 3.69. The van der Waals surface area contributed by atoms with Gasteiger partial charge in [-0.15, -0.1) is 0 Å². The summed E-state index contributed by atoms with van der Waals surface area (Å²) < 4.78 is 0. The van der Waals surface area contributed by atoms with Crippen molar-refractivity contribution in [3.63, 3.8) is 0 Å². The van der Waals surface area contributed by atoms with Gasteiger partial charge in [0.15, 0.2) is 0 Å². The van der Waals surface area contributed by atoms with Crippen molar-refractivity contribution >= 4 is 5.69 Å². The Bertz CT molecular complexity index is 387. The van der Waals surface area contributed by atoms with Crippen molar-refractivity contribution < 1.29 is 0 Å². The topological polar surface area (TPSA) is 55.3 Å². The van der Waals surface area contributed by atoms with Gasteiger partial charge in [-0.05, 0) is 43.5 Å². The maximum Gasteiger partial charge on any atom is 0.0500 e. The van der Waals surface area contributed by atoms with Crippen LogP contribution in [0.1, 0.15) is 36.9 Å². The van der Waals surface area contributed by atoms with Crippen molar-refractivity contribution in [1.82, 2.24) is 4.90 Å². The van der Waals surface area contributed by atoms with Gasteiger partial charge in [0, 0.05) is 24.3 Å². The Morgan fingerprint density at radius 1 is 1.41 bits per heavy atom. The fraction of sp³-hybridized carbons (Fsp3) is 0.571. The number of nitrogens with two attached hydrogens (primary N) is 2. The van der Waals surface area contributed by atoms with Crippen LogP contribution >= 0.6 is 0 Å². The number of hydrogen-bond acceptors (Lipinski definition) is 3. The van der Waals surface area contributed by atoms with E-state index in [1.54, 1.807) is 0 Å². The Hall–Kier alpha value is -1.06. The van der Waals surface area contributed by atoms with Crippen LogP contribution < -0.4 is 11.5 Å². The lowest BCUT2D eigenvalue weighted by Crippen LogP contribution is -2.32. The molecule has 0 unspecified atom stereocenters. The summed E-state index contributed by atoms with van der Waals surface area (Å²) in [7, 11) is 0. The molecule has 4 N–H and O–H groups in total. The number of anilines is 1. The van der Waals surface area contributed by atoms with E-state index >= 15 is 0 Å². The van der Waals surface area contributed by atoms with E-state index in [1.807, 2.05) is 6.92 Å². The van der Waals surface area contributed by atoms with E-state index in [0.29, 0.717) is 6.04 Å². The van der Waals surface area contributed by atoms with Crippen LogP contribution in [0.4, 0.5) is 5.69 Å². The van der Waals surface area contributed by atoms with E-state index in [-0.39, 0.29) is 6.04 Å². The van der Waals surface area contributed by atoms with Gasteiger partial charge in [0.05, 0.1) is 0 Å². The molecule has 0 spiro atoms. The van der Waals surface area contributed by atoms with Crippen LogP contribution in [0.3, 0.4) is 0 Å². The van der Waals surface area contributed by atoms with Gasteiger partial charge in [0.2, 0.25) is 0 Å². The Morgan fingerprint density at radius 3 is 2.82 bits per heavy atom. The van der Waals surface area contributed by atoms with Crippen LogP contribution in [0.2, 0.25) is 0 Å². The fourth-order valence-corrected chi connectivity index (χ4v) is 2.72. The van der Waals surface area contributed by atoms with Gasteiger partial charge in [-0.2, -0.15) is 0 Å². The summed E-state index contributed by atoms with van der Waals surface area (Å²) in [5, 5.41) is 0. The first-order valence-corrected chi connectivity index (χ1v) is 6.49. The third kappa shape index (κ3) is 2.45. The Balaban J connectivity index is 2.26. The smallest absolute Gasteiger partial charge is 0.0500 e. The second-order valence-corrected chi connectivity index (χ2v) is 5.05. The Morgan fingerprint density at radius 2 is 2.18 bits per heavy atom. The van der Waals surface area contributed by atoms with E-state index in [2.05, 4.69) is 30.0 Å². The largest absolute Gasteiger partial charge is 0.399 e. The van der Waals surface area contributed by atoms with E-state index in [9.17, 15) is 0 Å². The highest BCUT2D eigenvalue weighted by atomic mass is 15.2. The summed E-state index contributed by atoms with van der Waals surface area (Å²) >= 11 is 0. The average Bonchev–Trinajstić information content (AvgIpc) is 2.65. The lowest BCUT2D eigenvalue weighted by atomic mass is 9.98. The van der Waals surface area contributed by atoms with E-state index in [0.717, 1.165) is 30.8 Å². The summed E-state index contributed by atoms with van der Waals surface area (Å²) in [6.07, 6.45) is 2.25. The minimum absolute atomic E-state index is 0.239. The molecule has 2 rings (SSSR count). The summed E-state index contributed by atoms with van der Waals surface area (Å²) in [6.45, 7) is 6.47. The molecular weight excluding hydrogens is 210 g/mol. The second-order valence-electron chi connectivity index (χ2n) is 5.05. The van der Waals surface area contributed by atoms with Crippen molar-refractivity contribution in [2.45, 2.75) is 38.8 Å². The molecule has 3 nitrogen and oxygen atoms in total. The van der Waals surface area contributed by atoms with Gasteiger partial charge in [-0.3, -0.25) is 4.90 Å². The zero-order valence-corrected chi connectivity index (χ0v) is 10.8. The first-order valence-electron chi connectivity index (χ1n) is 6.49. The number of hydrogen-bond donors (Lipinski definition) is 2. The van der Waals surface area contributed by atoms with Crippen molar-refractivity contribution in [2.24, 2.45) is 5.73 Å². The summed E-state index contributed by atoms with van der Waals surface area (Å²) in [5.74, 6) is 0. The summed E-state index contributed by atoms with van der Waals surface area (Å²) in [6, 6.07) is 6.94. The second kappa shape index (κ2) is 5.07. The maximum absolute atomic E-state index is 6.24. The lowest BCUT2D eigenvalue weighted by molar-refractivity contribution is 0.248. The van der Waals surface area contributed by atoms with Crippen LogP contribution in [0, 0.1) is 6.92 Å². The van der Waals surface area contributed by atoms with Crippen molar-refractivity contribution in [3.05, 3.63) is 29.3 Å². The van der Waals surface area contributed by atoms with Crippen LogP contribution in [-0.2, 0) is 0 Å². The number of likely N-dealkylation sites (tertiary alicyclic amines) is 1. The Labute approximate surface area is 104 Å². The average molecular weight is 233 g/mol. The predicted molar refractivity (Wildman–Crippen MR) is 72.8 cm³/mol. The molecule has 0 aromatic heterocycles. The zero-order chi connectivity index (χ0) is 12.4. The third-order valence-electron chi connectivity index (χ3n) is 3.70. The standard InChI is InChI=1S/C14H23N3/c1-3-7-17-8-6-12(15)14(17)11-5-4-10(2)13(16)9-11/h4-5,9,12,14H,3,6-8,15-16H2,1-2H3/t12-,14+/m0/s1. The number of nitrogen functional groups attached to an aromatic ring is 1. The predicted octanol–water partition coefficient (Wildman–Crippen LogP) is 2.06. The quantitative estimate of drug-likeness (QED) is 0.786. The number of benzene rings is 1. The van der Waals surface area contributed by atoms with Crippen molar-refractivity contribution in [1.29, 1.82) is 0 Å². The zero-order valence-electron chi connectivity index (χ0n) is 10.8. The maximum atomic E-state index is 6.24.